The van der Waals surface area contributed by atoms with Crippen molar-refractivity contribution in [1.82, 2.24) is 9.78 Å². The molecule has 0 saturated carbocycles. The smallest absolute Gasteiger partial charge is 0.160 e. The van der Waals surface area contributed by atoms with Crippen LogP contribution < -0.4 is 0 Å². The molecule has 2 saturated heterocycles. The number of ether oxygens (including phenoxy) is 2. The summed E-state index contributed by atoms with van der Waals surface area (Å²) < 4.78 is 14.1. The van der Waals surface area contributed by atoms with Gasteiger partial charge >= 0.3 is 0 Å². The van der Waals surface area contributed by atoms with E-state index in [0.717, 1.165) is 23.2 Å². The largest absolute Gasteiger partial charge is 0.378 e. The molecule has 76 valence electrons. The molecule has 2 fully saturated rings. The Hall–Kier alpha value is -0.390. The van der Waals surface area contributed by atoms with Gasteiger partial charge in [0.05, 0.1) is 29.1 Å². The van der Waals surface area contributed by atoms with Gasteiger partial charge in [0.15, 0.2) is 5.60 Å². The number of nitrogens with zero attached hydrogens (tertiary/aromatic N) is 2. The van der Waals surface area contributed by atoms with Crippen molar-refractivity contribution in [2.45, 2.75) is 18.1 Å². The maximum absolute atomic E-state index is 5.76. The van der Waals surface area contributed by atoms with Gasteiger partial charge in [-0.25, -0.2) is 0 Å². The van der Waals surface area contributed by atoms with Gasteiger partial charge in [-0.05, 0) is 15.9 Å². The predicted molar refractivity (Wildman–Crippen MR) is 52.9 cm³/mol. The van der Waals surface area contributed by atoms with Crippen LogP contribution in [0.1, 0.15) is 12.1 Å². The summed E-state index contributed by atoms with van der Waals surface area (Å²) in [5.41, 5.74) is 0.879. The van der Waals surface area contributed by atoms with E-state index >= 15 is 0 Å². The molecular formula is C9H11BrN2O2. The lowest BCUT2D eigenvalue weighted by Gasteiger charge is -2.18. The molecule has 0 N–H and O–H groups in total. The second-order valence-electron chi connectivity index (χ2n) is 3.80. The first-order valence-corrected chi connectivity index (χ1v) is 5.47. The molecule has 2 aliphatic rings. The van der Waals surface area contributed by atoms with Gasteiger partial charge in [0.25, 0.3) is 0 Å². The molecule has 0 bridgehead atoms. The zero-order valence-electron chi connectivity index (χ0n) is 7.86. The van der Waals surface area contributed by atoms with Gasteiger partial charge in [-0.2, -0.15) is 5.10 Å². The summed E-state index contributed by atoms with van der Waals surface area (Å²) in [7, 11) is 1.93. The summed E-state index contributed by atoms with van der Waals surface area (Å²) in [5.74, 6) is 0. The number of fused-ring (bicyclic) bond motifs is 1. The number of epoxide rings is 1. The monoisotopic (exact) mass is 258 g/mol. The Balaban J connectivity index is 2.03. The zero-order chi connectivity index (χ0) is 9.76. The third kappa shape index (κ3) is 1.03. The third-order valence-corrected chi connectivity index (χ3v) is 3.53. The first kappa shape index (κ1) is 8.88. The van der Waals surface area contributed by atoms with Crippen molar-refractivity contribution >= 4 is 15.9 Å². The summed E-state index contributed by atoms with van der Waals surface area (Å²) in [6, 6.07) is 0. The summed E-state index contributed by atoms with van der Waals surface area (Å²) in [4.78, 5) is 0. The second kappa shape index (κ2) is 2.81. The highest BCUT2D eigenvalue weighted by Crippen LogP contribution is 2.52. The highest BCUT2D eigenvalue weighted by molar-refractivity contribution is 9.10. The number of rotatable bonds is 1. The lowest BCUT2D eigenvalue weighted by molar-refractivity contribution is 0.0682. The molecule has 2 atom stereocenters. The number of aromatic nitrogens is 2. The summed E-state index contributed by atoms with van der Waals surface area (Å²) in [6.07, 6.45) is 3.11. The zero-order valence-corrected chi connectivity index (χ0v) is 9.45. The van der Waals surface area contributed by atoms with Crippen molar-refractivity contribution in [2.75, 3.05) is 13.2 Å². The third-order valence-electron chi connectivity index (χ3n) is 2.95. The molecule has 3 rings (SSSR count). The van der Waals surface area contributed by atoms with Crippen LogP contribution in [-0.4, -0.2) is 29.1 Å². The molecule has 14 heavy (non-hydrogen) atoms. The van der Waals surface area contributed by atoms with Gasteiger partial charge in [-0.1, -0.05) is 0 Å². The van der Waals surface area contributed by atoms with E-state index in [1.807, 2.05) is 11.7 Å². The molecule has 0 radical (unpaired) electrons. The molecule has 4 nitrogen and oxygen atoms in total. The van der Waals surface area contributed by atoms with E-state index in [9.17, 15) is 0 Å². The molecule has 1 aromatic heterocycles. The Morgan fingerprint density at radius 3 is 3.21 bits per heavy atom. The summed E-state index contributed by atoms with van der Waals surface area (Å²) in [5, 5.41) is 4.20. The van der Waals surface area contributed by atoms with Gasteiger partial charge in [-0.3, -0.25) is 4.68 Å². The van der Waals surface area contributed by atoms with Gasteiger partial charge in [0.1, 0.15) is 0 Å². The average Bonchev–Trinajstić information content (AvgIpc) is 2.81. The fourth-order valence-electron chi connectivity index (χ4n) is 2.22. The van der Waals surface area contributed by atoms with Crippen molar-refractivity contribution in [3.63, 3.8) is 0 Å². The van der Waals surface area contributed by atoms with E-state index < -0.39 is 0 Å². The number of aryl methyl sites for hydroxylation is 1. The molecule has 0 unspecified atom stereocenters. The number of hydrogen-bond acceptors (Lipinski definition) is 3. The Morgan fingerprint density at radius 1 is 1.71 bits per heavy atom. The Labute approximate surface area is 90.3 Å². The molecule has 0 spiro atoms. The van der Waals surface area contributed by atoms with Crippen LogP contribution in [0.4, 0.5) is 0 Å². The lowest BCUT2D eigenvalue weighted by Crippen LogP contribution is -2.28. The van der Waals surface area contributed by atoms with Gasteiger partial charge in [0.2, 0.25) is 0 Å². The fraction of sp³-hybridized carbons (Fsp3) is 0.667. The Bertz CT molecular complexity index is 359. The molecule has 1 aromatic rings. The standard InChI is InChI=1S/C9H11BrN2O2/c1-12-8(6(10)4-11-12)9-5-13-3-2-7(9)14-9/h4,7H,2-3,5H2,1H3/t7-,9+/m1/s1. The maximum atomic E-state index is 5.76. The van der Waals surface area contributed by atoms with E-state index in [0.29, 0.717) is 12.7 Å². The first-order chi connectivity index (χ1) is 6.74. The minimum Gasteiger partial charge on any atom is -0.378 e. The minimum atomic E-state index is -0.220. The molecule has 0 amide bonds. The van der Waals surface area contributed by atoms with E-state index in [4.69, 9.17) is 9.47 Å². The van der Waals surface area contributed by atoms with Crippen LogP contribution in [0.15, 0.2) is 10.7 Å². The highest BCUT2D eigenvalue weighted by atomic mass is 79.9. The normalized spacial score (nSPS) is 35.4. The van der Waals surface area contributed by atoms with Crippen molar-refractivity contribution in [2.24, 2.45) is 7.05 Å². The first-order valence-electron chi connectivity index (χ1n) is 4.67. The summed E-state index contributed by atoms with van der Waals surface area (Å²) in [6.45, 7) is 1.46. The van der Waals surface area contributed by atoms with E-state index in [2.05, 4.69) is 21.0 Å². The van der Waals surface area contributed by atoms with E-state index in [-0.39, 0.29) is 5.60 Å². The number of hydrogen-bond donors (Lipinski definition) is 0. The Morgan fingerprint density at radius 2 is 2.57 bits per heavy atom. The average molecular weight is 259 g/mol. The quantitative estimate of drug-likeness (QED) is 0.711. The fourth-order valence-corrected chi connectivity index (χ4v) is 2.90. The highest BCUT2D eigenvalue weighted by Gasteiger charge is 2.61. The molecular weight excluding hydrogens is 248 g/mol. The number of halogens is 1. The van der Waals surface area contributed by atoms with Gasteiger partial charge in [-0.15, -0.1) is 0 Å². The van der Waals surface area contributed by atoms with Gasteiger partial charge in [0, 0.05) is 20.1 Å². The van der Waals surface area contributed by atoms with Crippen molar-refractivity contribution in [3.8, 4) is 0 Å². The Kier molecular flexibility index (Phi) is 1.78. The SMILES string of the molecule is Cn1ncc(Br)c1[C@]12COCC[C@H]1O2. The lowest BCUT2D eigenvalue weighted by atomic mass is 9.98. The molecule has 2 aliphatic heterocycles. The van der Waals surface area contributed by atoms with Crippen molar-refractivity contribution in [1.29, 1.82) is 0 Å². The van der Waals surface area contributed by atoms with Crippen molar-refractivity contribution < 1.29 is 9.47 Å². The van der Waals surface area contributed by atoms with E-state index in [1.165, 1.54) is 0 Å². The predicted octanol–water partition coefficient (Wildman–Crippen LogP) is 1.20. The minimum absolute atomic E-state index is 0.220. The molecule has 0 aliphatic carbocycles. The van der Waals surface area contributed by atoms with Gasteiger partial charge < -0.3 is 9.47 Å². The molecule has 3 heterocycles. The topological polar surface area (TPSA) is 39.6 Å². The van der Waals surface area contributed by atoms with Crippen LogP contribution in [0, 0.1) is 0 Å². The molecule has 5 heteroatoms. The second-order valence-corrected chi connectivity index (χ2v) is 4.66. The molecule has 0 aromatic carbocycles. The van der Waals surface area contributed by atoms with Crippen LogP contribution in [0.3, 0.4) is 0 Å². The van der Waals surface area contributed by atoms with Crippen molar-refractivity contribution in [3.05, 3.63) is 16.4 Å². The van der Waals surface area contributed by atoms with Crippen LogP contribution >= 0.6 is 15.9 Å². The summed E-state index contributed by atoms with van der Waals surface area (Å²) >= 11 is 3.50. The van der Waals surface area contributed by atoms with Crippen LogP contribution in [0.25, 0.3) is 0 Å². The van der Waals surface area contributed by atoms with Crippen LogP contribution in [-0.2, 0) is 22.1 Å². The van der Waals surface area contributed by atoms with Crippen LogP contribution in [0.5, 0.6) is 0 Å². The van der Waals surface area contributed by atoms with E-state index in [1.54, 1.807) is 6.20 Å². The van der Waals surface area contributed by atoms with Crippen LogP contribution in [0.2, 0.25) is 0 Å². The maximum Gasteiger partial charge on any atom is 0.160 e.